The summed E-state index contributed by atoms with van der Waals surface area (Å²) in [7, 11) is 1.63. The third-order valence-corrected chi connectivity index (χ3v) is 3.96. The van der Waals surface area contributed by atoms with Gasteiger partial charge in [0.15, 0.2) is 5.16 Å². The van der Waals surface area contributed by atoms with Crippen molar-refractivity contribution in [2.75, 3.05) is 7.11 Å². The Balaban J connectivity index is 2.20. The zero-order valence-corrected chi connectivity index (χ0v) is 12.9. The summed E-state index contributed by atoms with van der Waals surface area (Å²) in [5.41, 5.74) is 0.845. The van der Waals surface area contributed by atoms with Crippen molar-refractivity contribution >= 4 is 11.8 Å². The van der Waals surface area contributed by atoms with E-state index in [4.69, 9.17) is 4.74 Å². The predicted molar refractivity (Wildman–Crippen MR) is 83.0 cm³/mol. The predicted octanol–water partition coefficient (Wildman–Crippen LogP) is 2.66. The molecular weight excluding hydrogens is 288 g/mol. The molecule has 0 radical (unpaired) electrons. The summed E-state index contributed by atoms with van der Waals surface area (Å²) in [6, 6.07) is 8.88. The van der Waals surface area contributed by atoms with Gasteiger partial charge in [-0.05, 0) is 24.1 Å². The fourth-order valence-electron chi connectivity index (χ4n) is 1.92. The van der Waals surface area contributed by atoms with Crippen LogP contribution in [0.15, 0.2) is 40.3 Å². The molecule has 0 unspecified atom stereocenters. The molecule has 5 nitrogen and oxygen atoms in total. The van der Waals surface area contributed by atoms with Crippen LogP contribution in [0, 0.1) is 0 Å². The fraction of sp³-hybridized carbons (Fsp3) is 0.333. The van der Waals surface area contributed by atoms with Crippen molar-refractivity contribution in [1.82, 2.24) is 9.55 Å². The number of thioether (sulfide) groups is 1. The molecule has 112 valence electrons. The zero-order chi connectivity index (χ0) is 15.2. The van der Waals surface area contributed by atoms with Crippen molar-refractivity contribution in [2.45, 2.75) is 30.8 Å². The average Bonchev–Trinajstić information content (AvgIpc) is 2.48. The van der Waals surface area contributed by atoms with Crippen LogP contribution in [0.2, 0.25) is 0 Å². The minimum atomic E-state index is -0.236. The molecule has 1 heterocycles. The lowest BCUT2D eigenvalue weighted by Crippen LogP contribution is -2.21. The molecule has 0 saturated carbocycles. The zero-order valence-electron chi connectivity index (χ0n) is 12.1. The number of ether oxygens (including phenoxy) is 1. The number of methoxy groups -OCH3 is 1. The van der Waals surface area contributed by atoms with E-state index in [1.807, 2.05) is 31.2 Å². The summed E-state index contributed by atoms with van der Waals surface area (Å²) in [6.07, 6.45) is 0.832. The number of hydrogen-bond acceptors (Lipinski definition) is 5. The first-order valence-corrected chi connectivity index (χ1v) is 7.69. The molecule has 2 rings (SSSR count). The Hall–Kier alpha value is -1.95. The highest BCUT2D eigenvalue weighted by molar-refractivity contribution is 7.98. The first-order valence-electron chi connectivity index (χ1n) is 6.70. The van der Waals surface area contributed by atoms with Crippen LogP contribution >= 0.6 is 11.8 Å². The van der Waals surface area contributed by atoms with Crippen LogP contribution < -0.4 is 10.3 Å². The second-order valence-corrected chi connectivity index (χ2v) is 5.47. The van der Waals surface area contributed by atoms with E-state index >= 15 is 0 Å². The molecule has 1 aromatic carbocycles. The molecule has 0 aliphatic heterocycles. The lowest BCUT2D eigenvalue weighted by Gasteiger charge is -2.10. The Morgan fingerprint density at radius 3 is 2.90 bits per heavy atom. The van der Waals surface area contributed by atoms with Gasteiger partial charge in [-0.25, -0.2) is 0 Å². The number of benzene rings is 1. The van der Waals surface area contributed by atoms with Gasteiger partial charge >= 0.3 is 0 Å². The summed E-state index contributed by atoms with van der Waals surface area (Å²) >= 11 is 1.42. The molecule has 6 heteroatoms. The number of aromatic nitrogens is 2. The Labute approximate surface area is 127 Å². The van der Waals surface area contributed by atoms with Gasteiger partial charge in [-0.15, -0.1) is 0 Å². The van der Waals surface area contributed by atoms with Crippen molar-refractivity contribution < 1.29 is 9.84 Å². The second-order valence-electron chi connectivity index (χ2n) is 4.53. The Kier molecular flexibility index (Phi) is 5.27. The largest absolute Gasteiger partial charge is 0.497 e. The van der Waals surface area contributed by atoms with Gasteiger partial charge in [0.05, 0.1) is 13.2 Å². The van der Waals surface area contributed by atoms with Gasteiger partial charge in [0.1, 0.15) is 5.75 Å². The van der Waals surface area contributed by atoms with Crippen molar-refractivity contribution in [3.63, 3.8) is 0 Å². The molecule has 0 spiro atoms. The van der Waals surface area contributed by atoms with Gasteiger partial charge in [-0.3, -0.25) is 9.36 Å². The van der Waals surface area contributed by atoms with Crippen molar-refractivity contribution in [3.8, 4) is 11.6 Å². The molecule has 1 aromatic heterocycles. The van der Waals surface area contributed by atoms with Gasteiger partial charge in [0, 0.05) is 12.3 Å². The van der Waals surface area contributed by atoms with E-state index < -0.39 is 0 Å². The van der Waals surface area contributed by atoms with E-state index in [1.165, 1.54) is 11.8 Å². The van der Waals surface area contributed by atoms with E-state index in [2.05, 4.69) is 4.98 Å². The number of nitrogens with zero attached hydrogens (tertiary/aromatic N) is 2. The second kappa shape index (κ2) is 7.17. The summed E-state index contributed by atoms with van der Waals surface area (Å²) in [5, 5.41) is 10.0. The van der Waals surface area contributed by atoms with Crippen LogP contribution in [-0.2, 0) is 12.3 Å². The highest BCUT2D eigenvalue weighted by atomic mass is 32.2. The summed E-state index contributed by atoms with van der Waals surface area (Å²) in [4.78, 5) is 16.0. The average molecular weight is 306 g/mol. The van der Waals surface area contributed by atoms with E-state index in [9.17, 15) is 9.90 Å². The van der Waals surface area contributed by atoms with E-state index in [-0.39, 0.29) is 11.4 Å². The fourth-order valence-corrected chi connectivity index (χ4v) is 2.89. The summed E-state index contributed by atoms with van der Waals surface area (Å²) in [6.45, 7) is 2.59. The molecule has 0 amide bonds. The number of rotatable bonds is 6. The molecule has 1 N–H and O–H groups in total. The van der Waals surface area contributed by atoms with E-state index in [0.717, 1.165) is 23.8 Å². The monoisotopic (exact) mass is 306 g/mol. The third-order valence-electron chi connectivity index (χ3n) is 2.91. The van der Waals surface area contributed by atoms with Gasteiger partial charge in [0.25, 0.3) is 5.56 Å². The van der Waals surface area contributed by atoms with E-state index in [1.54, 1.807) is 11.7 Å². The normalized spacial score (nSPS) is 10.6. The minimum absolute atomic E-state index is 0.225. The lowest BCUT2D eigenvalue weighted by molar-refractivity contribution is 0.414. The van der Waals surface area contributed by atoms with Gasteiger partial charge in [-0.1, -0.05) is 30.8 Å². The highest BCUT2D eigenvalue weighted by Gasteiger charge is 2.09. The molecule has 0 saturated heterocycles. The Morgan fingerprint density at radius 1 is 1.38 bits per heavy atom. The topological polar surface area (TPSA) is 64.3 Å². The maximum absolute atomic E-state index is 11.9. The standard InChI is InChI=1S/C15H18N2O3S/c1-3-7-17-14(19)9-13(18)16-15(17)21-10-11-5-4-6-12(8-11)20-2/h4-6,8-9,18H,3,7,10H2,1-2H3. The maximum atomic E-state index is 11.9. The molecule has 2 aromatic rings. The first kappa shape index (κ1) is 15.4. The van der Waals surface area contributed by atoms with Gasteiger partial charge in [-0.2, -0.15) is 4.98 Å². The molecule has 0 bridgehead atoms. The van der Waals surface area contributed by atoms with E-state index in [0.29, 0.717) is 17.5 Å². The Bertz CT molecular complexity index is 670. The van der Waals surface area contributed by atoms with Crippen LogP contribution in [0.3, 0.4) is 0 Å². The highest BCUT2D eigenvalue weighted by Crippen LogP contribution is 2.23. The quantitative estimate of drug-likeness (QED) is 0.656. The number of hydrogen-bond donors (Lipinski definition) is 1. The van der Waals surface area contributed by atoms with Gasteiger partial charge in [0.2, 0.25) is 5.88 Å². The first-order chi connectivity index (χ1) is 10.1. The SMILES string of the molecule is CCCn1c(SCc2cccc(OC)c2)nc(O)cc1=O. The molecule has 0 fully saturated rings. The Morgan fingerprint density at radius 2 is 2.19 bits per heavy atom. The van der Waals surface area contributed by atoms with Crippen LogP contribution in [0.25, 0.3) is 0 Å². The third kappa shape index (κ3) is 4.01. The summed E-state index contributed by atoms with van der Waals surface area (Å²) < 4.78 is 6.78. The van der Waals surface area contributed by atoms with Crippen LogP contribution in [0.1, 0.15) is 18.9 Å². The molecular formula is C15H18N2O3S. The molecule has 0 atom stereocenters. The maximum Gasteiger partial charge on any atom is 0.257 e. The van der Waals surface area contributed by atoms with Crippen molar-refractivity contribution in [1.29, 1.82) is 0 Å². The van der Waals surface area contributed by atoms with Crippen molar-refractivity contribution in [3.05, 3.63) is 46.2 Å². The van der Waals surface area contributed by atoms with Crippen LogP contribution in [-0.4, -0.2) is 21.8 Å². The number of aromatic hydroxyl groups is 1. The van der Waals surface area contributed by atoms with Crippen LogP contribution in [0.5, 0.6) is 11.6 Å². The summed E-state index contributed by atoms with van der Waals surface area (Å²) in [5.74, 6) is 1.21. The minimum Gasteiger partial charge on any atom is -0.497 e. The van der Waals surface area contributed by atoms with Crippen LogP contribution in [0.4, 0.5) is 0 Å². The van der Waals surface area contributed by atoms with Crippen molar-refractivity contribution in [2.24, 2.45) is 0 Å². The van der Waals surface area contributed by atoms with Gasteiger partial charge < -0.3 is 9.84 Å². The smallest absolute Gasteiger partial charge is 0.257 e. The molecule has 0 aliphatic rings. The molecule has 0 aliphatic carbocycles. The molecule has 21 heavy (non-hydrogen) atoms. The lowest BCUT2D eigenvalue weighted by atomic mass is 10.2.